The summed E-state index contributed by atoms with van der Waals surface area (Å²) in [5.74, 6) is 4.92. The van der Waals surface area contributed by atoms with Gasteiger partial charge in [0.25, 0.3) is 0 Å². The van der Waals surface area contributed by atoms with Crippen LogP contribution in [0.3, 0.4) is 0 Å². The third-order valence-electron chi connectivity index (χ3n) is 8.91. The zero-order valence-electron chi connectivity index (χ0n) is 16.2. The van der Waals surface area contributed by atoms with E-state index in [2.05, 4.69) is 27.7 Å². The molecule has 0 aromatic heterocycles. The van der Waals surface area contributed by atoms with Gasteiger partial charge in [0.2, 0.25) is 0 Å². The van der Waals surface area contributed by atoms with Crippen molar-refractivity contribution in [3.63, 3.8) is 0 Å². The predicted octanol–water partition coefficient (Wildman–Crippen LogP) is 6.18. The molecule has 0 bridgehead atoms. The van der Waals surface area contributed by atoms with Crippen molar-refractivity contribution in [1.29, 1.82) is 0 Å². The Morgan fingerprint density at radius 3 is 2.58 bits per heavy atom. The molecule has 134 valence electrons. The molecule has 3 saturated carbocycles. The van der Waals surface area contributed by atoms with Gasteiger partial charge in [-0.25, -0.2) is 0 Å². The number of hydrogen-bond acceptors (Lipinski definition) is 1. The minimum atomic E-state index is 0.342. The molecule has 0 radical (unpaired) electrons. The summed E-state index contributed by atoms with van der Waals surface area (Å²) in [5.41, 5.74) is 2.46. The van der Waals surface area contributed by atoms with Crippen LogP contribution in [-0.2, 0) is 4.79 Å². The molecule has 3 fully saturated rings. The molecule has 4 aliphatic rings. The lowest BCUT2D eigenvalue weighted by atomic mass is 9.46. The Bertz CT molecular complexity index is 558. The predicted molar refractivity (Wildman–Crippen MR) is 99.7 cm³/mol. The van der Waals surface area contributed by atoms with Gasteiger partial charge >= 0.3 is 0 Å². The third kappa shape index (κ3) is 2.36. The molecular weight excluding hydrogens is 292 g/mol. The van der Waals surface area contributed by atoms with Gasteiger partial charge in [0.05, 0.1) is 0 Å². The van der Waals surface area contributed by atoms with Crippen molar-refractivity contribution in [2.75, 3.05) is 0 Å². The van der Waals surface area contributed by atoms with Crippen molar-refractivity contribution in [1.82, 2.24) is 0 Å². The van der Waals surface area contributed by atoms with Gasteiger partial charge in [-0.3, -0.25) is 4.79 Å². The van der Waals surface area contributed by atoms with E-state index in [0.29, 0.717) is 16.6 Å². The molecule has 4 aliphatic carbocycles. The number of hydrogen-bond donors (Lipinski definition) is 0. The fourth-order valence-corrected chi connectivity index (χ4v) is 7.62. The van der Waals surface area contributed by atoms with Gasteiger partial charge < -0.3 is 0 Å². The molecule has 0 spiro atoms. The quantitative estimate of drug-likeness (QED) is 0.591. The van der Waals surface area contributed by atoms with Crippen LogP contribution in [0.5, 0.6) is 0 Å². The summed E-state index contributed by atoms with van der Waals surface area (Å²) in [4.78, 5) is 11.9. The van der Waals surface area contributed by atoms with E-state index in [0.717, 1.165) is 42.4 Å². The van der Waals surface area contributed by atoms with E-state index in [1.54, 1.807) is 0 Å². The van der Waals surface area contributed by atoms with Crippen LogP contribution in [0.4, 0.5) is 0 Å². The average molecular weight is 329 g/mol. The molecule has 0 heterocycles. The highest BCUT2D eigenvalue weighted by atomic mass is 16.1. The maximum atomic E-state index is 11.9. The highest BCUT2D eigenvalue weighted by Crippen LogP contribution is 2.67. The van der Waals surface area contributed by atoms with Crippen molar-refractivity contribution in [2.24, 2.45) is 40.4 Å². The number of rotatable bonds is 2. The van der Waals surface area contributed by atoms with E-state index in [-0.39, 0.29) is 0 Å². The number of fused-ring (bicyclic) bond motifs is 5. The lowest BCUT2D eigenvalue weighted by Crippen LogP contribution is -2.50. The minimum absolute atomic E-state index is 0.342. The summed E-state index contributed by atoms with van der Waals surface area (Å²) in [5, 5.41) is 0. The van der Waals surface area contributed by atoms with Crippen LogP contribution in [-0.4, -0.2) is 5.78 Å². The van der Waals surface area contributed by atoms with E-state index >= 15 is 0 Å². The number of ketones is 1. The molecule has 24 heavy (non-hydrogen) atoms. The van der Waals surface area contributed by atoms with Crippen LogP contribution < -0.4 is 0 Å². The molecule has 0 saturated heterocycles. The monoisotopic (exact) mass is 328 g/mol. The van der Waals surface area contributed by atoms with Crippen LogP contribution in [0.15, 0.2) is 11.6 Å². The summed E-state index contributed by atoms with van der Waals surface area (Å²) in [7, 11) is 0. The van der Waals surface area contributed by atoms with Gasteiger partial charge in [0, 0.05) is 6.42 Å². The first kappa shape index (κ1) is 16.9. The highest BCUT2D eigenvalue weighted by molar-refractivity contribution is 5.91. The van der Waals surface area contributed by atoms with Gasteiger partial charge in [-0.05, 0) is 97.9 Å². The summed E-state index contributed by atoms with van der Waals surface area (Å²) in [6, 6.07) is 0. The zero-order chi connectivity index (χ0) is 17.1. The number of carbonyl (C=O) groups is 1. The summed E-state index contributed by atoms with van der Waals surface area (Å²) in [6.45, 7) is 9.96. The second-order valence-electron chi connectivity index (χ2n) is 10.4. The van der Waals surface area contributed by atoms with E-state index in [1.165, 1.54) is 50.5 Å². The van der Waals surface area contributed by atoms with Crippen molar-refractivity contribution in [3.05, 3.63) is 11.6 Å². The van der Waals surface area contributed by atoms with E-state index in [4.69, 9.17) is 0 Å². The maximum absolute atomic E-state index is 11.9. The van der Waals surface area contributed by atoms with Gasteiger partial charge in [0.15, 0.2) is 5.78 Å². The molecular formula is C23H36O. The Labute approximate surface area is 148 Å². The molecule has 4 rings (SSSR count). The van der Waals surface area contributed by atoms with E-state index in [9.17, 15) is 4.79 Å². The third-order valence-corrected chi connectivity index (χ3v) is 8.91. The van der Waals surface area contributed by atoms with Crippen LogP contribution in [0.2, 0.25) is 0 Å². The standard InChI is InChI=1S/C23H36O/c1-15(2)13-16-6-8-20-19-7-5-17-14-18(24)9-11-22(17,3)21(19)10-12-23(16,20)4/h14-16,19-21H,5-13H2,1-4H3/t16?,19-,20-,21+,22-,23+/m0/s1. The summed E-state index contributed by atoms with van der Waals surface area (Å²) >= 11 is 0. The Balaban J connectivity index is 1.61. The van der Waals surface area contributed by atoms with Crippen LogP contribution >= 0.6 is 0 Å². The maximum Gasteiger partial charge on any atom is 0.155 e. The first-order valence-electron chi connectivity index (χ1n) is 10.6. The Hall–Kier alpha value is -0.590. The van der Waals surface area contributed by atoms with E-state index < -0.39 is 0 Å². The SMILES string of the molecule is CC(C)CC1CC[C@H]2[C@@H]3CCC4=CC(=O)CC[C@]4(C)[C@@H]3CC[C@]12C. The molecule has 0 N–H and O–H groups in total. The highest BCUT2D eigenvalue weighted by Gasteiger charge is 2.58. The van der Waals surface area contributed by atoms with Crippen molar-refractivity contribution >= 4 is 5.78 Å². The number of carbonyl (C=O) groups excluding carboxylic acids is 1. The molecule has 0 amide bonds. The molecule has 1 unspecified atom stereocenters. The normalized spacial score (nSPS) is 47.9. The Morgan fingerprint density at radius 2 is 1.83 bits per heavy atom. The van der Waals surface area contributed by atoms with Gasteiger partial charge in [-0.15, -0.1) is 0 Å². The van der Waals surface area contributed by atoms with Crippen LogP contribution in [0.1, 0.15) is 85.5 Å². The Kier molecular flexibility index (Phi) is 4.01. The first-order chi connectivity index (χ1) is 11.3. The second kappa shape index (κ2) is 5.71. The minimum Gasteiger partial charge on any atom is -0.295 e. The lowest BCUT2D eigenvalue weighted by Gasteiger charge is -2.58. The molecule has 0 aliphatic heterocycles. The number of allylic oxidation sites excluding steroid dienone is 1. The fourth-order valence-electron chi connectivity index (χ4n) is 7.62. The van der Waals surface area contributed by atoms with E-state index in [1.807, 2.05) is 6.08 Å². The first-order valence-corrected chi connectivity index (χ1v) is 10.6. The molecule has 1 heteroatoms. The van der Waals surface area contributed by atoms with Gasteiger partial charge in [-0.2, -0.15) is 0 Å². The van der Waals surface area contributed by atoms with Gasteiger partial charge in [-0.1, -0.05) is 33.3 Å². The fraction of sp³-hybridized carbons (Fsp3) is 0.870. The zero-order valence-corrected chi connectivity index (χ0v) is 16.2. The summed E-state index contributed by atoms with van der Waals surface area (Å²) < 4.78 is 0. The molecule has 6 atom stereocenters. The smallest absolute Gasteiger partial charge is 0.155 e. The van der Waals surface area contributed by atoms with Crippen LogP contribution in [0.25, 0.3) is 0 Å². The van der Waals surface area contributed by atoms with Crippen molar-refractivity contribution in [2.45, 2.75) is 85.5 Å². The van der Waals surface area contributed by atoms with Crippen LogP contribution in [0, 0.1) is 40.4 Å². The topological polar surface area (TPSA) is 17.1 Å². The largest absolute Gasteiger partial charge is 0.295 e. The van der Waals surface area contributed by atoms with Crippen molar-refractivity contribution in [3.8, 4) is 0 Å². The Morgan fingerprint density at radius 1 is 1.04 bits per heavy atom. The van der Waals surface area contributed by atoms with Gasteiger partial charge in [0.1, 0.15) is 0 Å². The van der Waals surface area contributed by atoms with Crippen molar-refractivity contribution < 1.29 is 4.79 Å². The molecule has 0 aromatic carbocycles. The second-order valence-corrected chi connectivity index (χ2v) is 10.4. The molecule has 0 aromatic rings. The average Bonchev–Trinajstić information content (AvgIpc) is 2.84. The lowest BCUT2D eigenvalue weighted by molar-refractivity contribution is -0.117. The summed E-state index contributed by atoms with van der Waals surface area (Å²) in [6.07, 6.45) is 13.7. The molecule has 1 nitrogen and oxygen atoms in total.